The molecule has 0 saturated carbocycles. The average molecular weight is 392 g/mol. The molecule has 0 aliphatic rings. The largest absolute Gasteiger partial charge is 0.462 e. The van der Waals surface area contributed by atoms with E-state index < -0.39 is 23.5 Å². The van der Waals surface area contributed by atoms with Gasteiger partial charge in [0.1, 0.15) is 6.04 Å². The number of benzene rings is 1. The van der Waals surface area contributed by atoms with E-state index >= 15 is 0 Å². The summed E-state index contributed by atoms with van der Waals surface area (Å²) in [5.41, 5.74) is 1.77. The van der Waals surface area contributed by atoms with E-state index in [0.717, 1.165) is 10.2 Å². The van der Waals surface area contributed by atoms with Crippen LogP contribution < -0.4 is 10.9 Å². The lowest BCUT2D eigenvalue weighted by atomic mass is 10.2. The van der Waals surface area contributed by atoms with E-state index in [-0.39, 0.29) is 6.61 Å². The van der Waals surface area contributed by atoms with Crippen LogP contribution in [-0.4, -0.2) is 33.2 Å². The van der Waals surface area contributed by atoms with Gasteiger partial charge in [-0.05, 0) is 56.3 Å². The second-order valence-electron chi connectivity index (χ2n) is 6.21. The molecule has 1 amide bonds. The lowest BCUT2D eigenvalue weighted by Crippen LogP contribution is -2.33. The van der Waals surface area contributed by atoms with Gasteiger partial charge in [-0.25, -0.2) is 9.48 Å². The Kier molecular flexibility index (Phi) is 6.13. The molecule has 0 aliphatic carbocycles. The number of nitrogens with one attached hydrogen (secondary N) is 1. The van der Waals surface area contributed by atoms with Gasteiger partial charge in [0.25, 0.3) is 5.56 Å². The van der Waals surface area contributed by atoms with Gasteiger partial charge in [-0.1, -0.05) is 0 Å². The van der Waals surface area contributed by atoms with Crippen molar-refractivity contribution in [2.24, 2.45) is 0 Å². The number of aromatic nitrogens is 3. The third-order valence-corrected chi connectivity index (χ3v) is 4.19. The molecule has 1 unspecified atom stereocenters. The van der Waals surface area contributed by atoms with Crippen molar-refractivity contribution in [3.63, 3.8) is 0 Å². The molecule has 0 radical (unpaired) electrons. The lowest BCUT2D eigenvalue weighted by molar-refractivity contribution is -0.119. The van der Waals surface area contributed by atoms with Crippen LogP contribution in [0.1, 0.15) is 30.2 Å². The molecule has 0 saturated heterocycles. The Bertz CT molecular complexity index is 1060. The maximum Gasteiger partial charge on any atom is 0.338 e. The number of hydrogen-bond acceptors (Lipinski definition) is 6. The zero-order chi connectivity index (χ0) is 20.8. The van der Waals surface area contributed by atoms with E-state index in [2.05, 4.69) is 15.4 Å². The van der Waals surface area contributed by atoms with Crippen LogP contribution >= 0.6 is 0 Å². The summed E-state index contributed by atoms with van der Waals surface area (Å²) in [7, 11) is 0. The van der Waals surface area contributed by atoms with Gasteiger partial charge < -0.3 is 10.1 Å². The van der Waals surface area contributed by atoms with Gasteiger partial charge in [0.2, 0.25) is 5.91 Å². The van der Waals surface area contributed by atoms with Crippen LogP contribution in [0.15, 0.2) is 65.7 Å². The van der Waals surface area contributed by atoms with Crippen LogP contribution in [0.2, 0.25) is 0 Å². The molecule has 2 aromatic heterocycles. The number of amides is 1. The first-order valence-electron chi connectivity index (χ1n) is 9.08. The van der Waals surface area contributed by atoms with Crippen molar-refractivity contribution in [2.75, 3.05) is 11.9 Å². The monoisotopic (exact) mass is 392 g/mol. The molecule has 0 spiro atoms. The fraction of sp³-hybridized carbons (Fsp3) is 0.190. The Hall–Kier alpha value is -3.81. The summed E-state index contributed by atoms with van der Waals surface area (Å²) in [6, 6.07) is 12.0. The standard InChI is InChI=1S/C21H20N4O4/c1-3-29-21(28)15-6-8-17(9-7-15)23-20(27)14(2)25-19(26)11-10-18(24-25)16-5-4-12-22-13-16/h4-14H,3H2,1-2H3,(H,23,27). The Morgan fingerprint density at radius 1 is 1.14 bits per heavy atom. The molecular formula is C21H20N4O4. The third kappa shape index (κ3) is 4.73. The average Bonchev–Trinajstić information content (AvgIpc) is 2.75. The summed E-state index contributed by atoms with van der Waals surface area (Å²) in [6.07, 6.45) is 3.27. The number of esters is 1. The van der Waals surface area contributed by atoms with Crippen LogP contribution in [0.3, 0.4) is 0 Å². The van der Waals surface area contributed by atoms with Crippen LogP contribution in [0.5, 0.6) is 0 Å². The van der Waals surface area contributed by atoms with Gasteiger partial charge in [-0.3, -0.25) is 14.6 Å². The molecule has 148 valence electrons. The molecule has 29 heavy (non-hydrogen) atoms. The van der Waals surface area contributed by atoms with E-state index in [0.29, 0.717) is 16.9 Å². The van der Waals surface area contributed by atoms with Crippen LogP contribution in [0, 0.1) is 0 Å². The highest BCUT2D eigenvalue weighted by atomic mass is 16.5. The minimum absolute atomic E-state index is 0.286. The van der Waals surface area contributed by atoms with Gasteiger partial charge in [0, 0.05) is 29.7 Å². The first kappa shape index (κ1) is 19.9. The lowest BCUT2D eigenvalue weighted by Gasteiger charge is -2.15. The van der Waals surface area contributed by atoms with E-state index in [1.807, 2.05) is 6.07 Å². The maximum absolute atomic E-state index is 12.6. The Morgan fingerprint density at radius 2 is 1.90 bits per heavy atom. The number of ether oxygens (including phenoxy) is 1. The molecule has 8 nitrogen and oxygen atoms in total. The highest BCUT2D eigenvalue weighted by molar-refractivity contribution is 5.94. The zero-order valence-corrected chi connectivity index (χ0v) is 16.0. The van der Waals surface area contributed by atoms with Crippen molar-refractivity contribution in [1.82, 2.24) is 14.8 Å². The Morgan fingerprint density at radius 3 is 2.55 bits per heavy atom. The smallest absolute Gasteiger partial charge is 0.338 e. The van der Waals surface area contributed by atoms with E-state index in [4.69, 9.17) is 4.74 Å². The minimum Gasteiger partial charge on any atom is -0.462 e. The quantitative estimate of drug-likeness (QED) is 0.647. The molecule has 8 heteroatoms. The van der Waals surface area contributed by atoms with Crippen LogP contribution in [0.4, 0.5) is 5.69 Å². The van der Waals surface area contributed by atoms with Gasteiger partial charge in [0.05, 0.1) is 17.9 Å². The topological polar surface area (TPSA) is 103 Å². The zero-order valence-electron chi connectivity index (χ0n) is 16.0. The normalized spacial score (nSPS) is 11.5. The van der Waals surface area contributed by atoms with Crippen molar-refractivity contribution < 1.29 is 14.3 Å². The summed E-state index contributed by atoms with van der Waals surface area (Å²) in [4.78, 5) is 40.6. The first-order chi connectivity index (χ1) is 14.0. The van der Waals surface area contributed by atoms with Crippen LogP contribution in [-0.2, 0) is 9.53 Å². The molecule has 3 aromatic rings. The van der Waals surface area contributed by atoms with Gasteiger partial charge in [-0.2, -0.15) is 5.10 Å². The molecule has 0 bridgehead atoms. The Labute approximate surface area is 167 Å². The molecule has 2 heterocycles. The molecule has 1 N–H and O–H groups in total. The molecule has 3 rings (SSSR count). The summed E-state index contributed by atoms with van der Waals surface area (Å²) < 4.78 is 6.06. The van der Waals surface area contributed by atoms with E-state index in [9.17, 15) is 14.4 Å². The number of carbonyl (C=O) groups is 2. The van der Waals surface area contributed by atoms with Gasteiger partial charge in [0.15, 0.2) is 0 Å². The third-order valence-electron chi connectivity index (χ3n) is 4.19. The van der Waals surface area contributed by atoms with Crippen molar-refractivity contribution in [3.8, 4) is 11.3 Å². The summed E-state index contributed by atoms with van der Waals surface area (Å²) >= 11 is 0. The summed E-state index contributed by atoms with van der Waals surface area (Å²) in [5, 5.41) is 7.03. The number of carbonyl (C=O) groups excluding carboxylic acids is 2. The summed E-state index contributed by atoms with van der Waals surface area (Å²) in [6.45, 7) is 3.60. The second kappa shape index (κ2) is 8.92. The van der Waals surface area contributed by atoms with Crippen molar-refractivity contribution in [2.45, 2.75) is 19.9 Å². The predicted octanol–water partition coefficient (Wildman–Crippen LogP) is 2.68. The molecule has 1 atom stereocenters. The fourth-order valence-electron chi connectivity index (χ4n) is 2.63. The van der Waals surface area contributed by atoms with Crippen molar-refractivity contribution in [1.29, 1.82) is 0 Å². The molecular weight excluding hydrogens is 372 g/mol. The Balaban J connectivity index is 1.76. The van der Waals surface area contributed by atoms with Crippen LogP contribution in [0.25, 0.3) is 11.3 Å². The molecule has 0 fully saturated rings. The first-order valence-corrected chi connectivity index (χ1v) is 9.08. The predicted molar refractivity (Wildman–Crippen MR) is 107 cm³/mol. The van der Waals surface area contributed by atoms with E-state index in [1.165, 1.54) is 6.07 Å². The fourth-order valence-corrected chi connectivity index (χ4v) is 2.63. The summed E-state index contributed by atoms with van der Waals surface area (Å²) in [5.74, 6) is -0.839. The maximum atomic E-state index is 12.6. The highest BCUT2D eigenvalue weighted by Crippen LogP contribution is 2.16. The number of rotatable bonds is 6. The van der Waals surface area contributed by atoms with Gasteiger partial charge in [-0.15, -0.1) is 0 Å². The second-order valence-corrected chi connectivity index (χ2v) is 6.21. The van der Waals surface area contributed by atoms with E-state index in [1.54, 1.807) is 62.6 Å². The highest BCUT2D eigenvalue weighted by Gasteiger charge is 2.18. The minimum atomic E-state index is -0.844. The molecule has 0 aliphatic heterocycles. The SMILES string of the molecule is CCOC(=O)c1ccc(NC(=O)C(C)n2nc(-c3cccnc3)ccc2=O)cc1. The van der Waals surface area contributed by atoms with Crippen molar-refractivity contribution in [3.05, 3.63) is 76.8 Å². The number of nitrogens with zero attached hydrogens (tertiary/aromatic N) is 3. The molecule has 1 aromatic carbocycles. The number of anilines is 1. The number of pyridine rings is 1. The van der Waals surface area contributed by atoms with Gasteiger partial charge >= 0.3 is 5.97 Å². The number of hydrogen-bond donors (Lipinski definition) is 1. The van der Waals surface area contributed by atoms with Crippen molar-refractivity contribution >= 4 is 17.6 Å².